The largest absolute Gasteiger partial charge is 0.299 e. The van der Waals surface area contributed by atoms with E-state index >= 15 is 0 Å². The molecule has 0 aliphatic carbocycles. The highest BCUT2D eigenvalue weighted by Gasteiger charge is 2.26. The Morgan fingerprint density at radius 3 is 2.83 bits per heavy atom. The molecule has 5 heteroatoms. The molecule has 1 rings (SSSR count). The fourth-order valence-electron chi connectivity index (χ4n) is 1.93. The van der Waals surface area contributed by atoms with E-state index in [4.69, 9.17) is 0 Å². The normalized spacial score (nSPS) is 14.1. The molecule has 1 heterocycles. The molecule has 0 amide bonds. The van der Waals surface area contributed by atoms with Gasteiger partial charge in [0.25, 0.3) is 0 Å². The number of aromatic nitrogens is 2. The van der Waals surface area contributed by atoms with Crippen LogP contribution in [-0.2, 0) is 6.54 Å². The van der Waals surface area contributed by atoms with E-state index < -0.39 is 0 Å². The van der Waals surface area contributed by atoms with Crippen molar-refractivity contribution in [3.05, 3.63) is 16.9 Å². The van der Waals surface area contributed by atoms with Gasteiger partial charge >= 0.3 is 0 Å². The summed E-state index contributed by atoms with van der Waals surface area (Å²) in [6.45, 7) is 5.93. The van der Waals surface area contributed by atoms with Gasteiger partial charge in [0.1, 0.15) is 5.54 Å². The van der Waals surface area contributed by atoms with E-state index in [2.05, 4.69) is 46.3 Å². The van der Waals surface area contributed by atoms with Crippen LogP contribution in [0.15, 0.2) is 16.9 Å². The Kier molecular flexibility index (Phi) is 6.37. The molecule has 0 aliphatic heterocycles. The molecule has 4 nitrogen and oxygen atoms in total. The highest BCUT2D eigenvalue weighted by Crippen LogP contribution is 2.17. The fraction of sp³-hybridized carbons (Fsp3) is 0.692. The first-order valence-corrected chi connectivity index (χ1v) is 7.29. The van der Waals surface area contributed by atoms with Crippen molar-refractivity contribution in [2.24, 2.45) is 0 Å². The van der Waals surface area contributed by atoms with E-state index in [1.165, 1.54) is 0 Å². The van der Waals surface area contributed by atoms with Crippen LogP contribution in [0.5, 0.6) is 0 Å². The van der Waals surface area contributed by atoms with Crippen LogP contribution in [0.3, 0.4) is 0 Å². The second kappa shape index (κ2) is 7.55. The molecule has 0 bridgehead atoms. The Balaban J connectivity index is 2.45. The molecule has 100 valence electrons. The van der Waals surface area contributed by atoms with Crippen molar-refractivity contribution in [3.8, 4) is 6.07 Å². The van der Waals surface area contributed by atoms with E-state index in [9.17, 15) is 5.26 Å². The number of nitriles is 1. The standard InChI is InChI=1S/C13H21BrN4/c1-3-7-16-13(4-2,11-15)6-5-8-18-10-12(14)9-17-18/h9-10,16H,3-8H2,1-2H3. The molecule has 0 fully saturated rings. The summed E-state index contributed by atoms with van der Waals surface area (Å²) in [4.78, 5) is 0. The molecule has 1 unspecified atom stereocenters. The summed E-state index contributed by atoms with van der Waals surface area (Å²) in [5, 5.41) is 17.0. The smallest absolute Gasteiger partial charge is 0.106 e. The minimum atomic E-state index is -0.375. The van der Waals surface area contributed by atoms with Crippen molar-refractivity contribution in [2.45, 2.75) is 51.6 Å². The Hall–Kier alpha value is -0.860. The van der Waals surface area contributed by atoms with Gasteiger partial charge in [-0.1, -0.05) is 13.8 Å². The summed E-state index contributed by atoms with van der Waals surface area (Å²) >= 11 is 3.38. The van der Waals surface area contributed by atoms with E-state index in [0.29, 0.717) is 0 Å². The number of aryl methyl sites for hydroxylation is 1. The molecular weight excluding hydrogens is 292 g/mol. The minimum absolute atomic E-state index is 0.375. The first kappa shape index (κ1) is 15.2. The molecule has 1 atom stereocenters. The van der Waals surface area contributed by atoms with Gasteiger partial charge in [-0.3, -0.25) is 10.00 Å². The second-order valence-corrected chi connectivity index (χ2v) is 5.42. The zero-order valence-electron chi connectivity index (χ0n) is 11.1. The number of nitrogens with one attached hydrogen (secondary N) is 1. The maximum absolute atomic E-state index is 9.36. The van der Waals surface area contributed by atoms with E-state index in [1.807, 2.05) is 10.9 Å². The maximum Gasteiger partial charge on any atom is 0.106 e. The van der Waals surface area contributed by atoms with Gasteiger partial charge < -0.3 is 0 Å². The molecule has 0 saturated carbocycles. The average molecular weight is 313 g/mol. The van der Waals surface area contributed by atoms with Gasteiger partial charge in [0.2, 0.25) is 0 Å². The lowest BCUT2D eigenvalue weighted by atomic mass is 9.92. The zero-order chi connectivity index (χ0) is 13.4. The number of rotatable bonds is 8. The first-order valence-electron chi connectivity index (χ1n) is 6.50. The van der Waals surface area contributed by atoms with Gasteiger partial charge in [-0.2, -0.15) is 10.4 Å². The molecule has 0 saturated heterocycles. The average Bonchev–Trinajstić information content (AvgIpc) is 2.80. The summed E-state index contributed by atoms with van der Waals surface area (Å²) in [5.74, 6) is 0. The second-order valence-electron chi connectivity index (χ2n) is 4.50. The van der Waals surface area contributed by atoms with Gasteiger partial charge in [0.15, 0.2) is 0 Å². The summed E-state index contributed by atoms with van der Waals surface area (Å²) in [6.07, 6.45) is 7.44. The quantitative estimate of drug-likeness (QED) is 0.802. The van der Waals surface area contributed by atoms with Crippen LogP contribution in [0.4, 0.5) is 0 Å². The van der Waals surface area contributed by atoms with Crippen LogP contribution >= 0.6 is 15.9 Å². The van der Waals surface area contributed by atoms with Crippen molar-refractivity contribution in [1.82, 2.24) is 15.1 Å². The van der Waals surface area contributed by atoms with Crippen LogP contribution in [-0.4, -0.2) is 21.9 Å². The van der Waals surface area contributed by atoms with Crippen molar-refractivity contribution in [2.75, 3.05) is 6.54 Å². The van der Waals surface area contributed by atoms with Crippen LogP contribution in [0.25, 0.3) is 0 Å². The van der Waals surface area contributed by atoms with E-state index in [1.54, 1.807) is 6.20 Å². The van der Waals surface area contributed by atoms with Gasteiger partial charge in [-0.05, 0) is 48.2 Å². The van der Waals surface area contributed by atoms with Gasteiger partial charge in [0.05, 0.1) is 16.7 Å². The van der Waals surface area contributed by atoms with Crippen LogP contribution in [0, 0.1) is 11.3 Å². The monoisotopic (exact) mass is 312 g/mol. The molecule has 18 heavy (non-hydrogen) atoms. The maximum atomic E-state index is 9.36. The molecule has 1 aromatic rings. The Labute approximate surface area is 117 Å². The third-order valence-corrected chi connectivity index (χ3v) is 3.53. The van der Waals surface area contributed by atoms with E-state index in [-0.39, 0.29) is 5.54 Å². The molecule has 0 aromatic carbocycles. The molecule has 0 radical (unpaired) electrons. The van der Waals surface area contributed by atoms with Crippen LogP contribution in [0.2, 0.25) is 0 Å². The lowest BCUT2D eigenvalue weighted by Gasteiger charge is -2.26. The SMILES string of the molecule is CCCNC(C#N)(CC)CCCn1cc(Br)cn1. The number of hydrogen-bond acceptors (Lipinski definition) is 3. The Bertz CT molecular complexity index is 396. The summed E-state index contributed by atoms with van der Waals surface area (Å²) < 4.78 is 2.90. The highest BCUT2D eigenvalue weighted by molar-refractivity contribution is 9.10. The van der Waals surface area contributed by atoms with Gasteiger partial charge in [-0.25, -0.2) is 0 Å². The minimum Gasteiger partial charge on any atom is -0.299 e. The summed E-state index contributed by atoms with van der Waals surface area (Å²) in [5.41, 5.74) is -0.375. The molecular formula is C13H21BrN4. The van der Waals surface area contributed by atoms with Crippen molar-refractivity contribution >= 4 is 15.9 Å². The van der Waals surface area contributed by atoms with Crippen LogP contribution in [0.1, 0.15) is 39.5 Å². The lowest BCUT2D eigenvalue weighted by molar-refractivity contribution is 0.352. The molecule has 0 spiro atoms. The predicted molar refractivity (Wildman–Crippen MR) is 76.1 cm³/mol. The van der Waals surface area contributed by atoms with Gasteiger partial charge in [-0.15, -0.1) is 0 Å². The summed E-state index contributed by atoms with van der Waals surface area (Å²) in [6, 6.07) is 2.44. The van der Waals surface area contributed by atoms with Gasteiger partial charge in [0, 0.05) is 12.7 Å². The number of halogens is 1. The highest BCUT2D eigenvalue weighted by atomic mass is 79.9. The molecule has 1 aromatic heterocycles. The third kappa shape index (κ3) is 4.43. The number of hydrogen-bond donors (Lipinski definition) is 1. The van der Waals surface area contributed by atoms with E-state index in [0.717, 1.165) is 43.2 Å². The summed E-state index contributed by atoms with van der Waals surface area (Å²) in [7, 11) is 0. The molecule has 1 N–H and O–H groups in total. The van der Waals surface area contributed by atoms with Crippen molar-refractivity contribution < 1.29 is 0 Å². The predicted octanol–water partition coefficient (Wildman–Crippen LogP) is 3.10. The molecule has 0 aliphatic rings. The van der Waals surface area contributed by atoms with Crippen molar-refractivity contribution in [1.29, 1.82) is 5.26 Å². The third-order valence-electron chi connectivity index (χ3n) is 3.12. The van der Waals surface area contributed by atoms with Crippen molar-refractivity contribution in [3.63, 3.8) is 0 Å². The first-order chi connectivity index (χ1) is 8.65. The fourth-order valence-corrected chi connectivity index (χ4v) is 2.26. The topological polar surface area (TPSA) is 53.6 Å². The lowest BCUT2D eigenvalue weighted by Crippen LogP contribution is -2.43. The van der Waals surface area contributed by atoms with Crippen LogP contribution < -0.4 is 5.32 Å². The zero-order valence-corrected chi connectivity index (χ0v) is 12.7. The Morgan fingerprint density at radius 1 is 1.56 bits per heavy atom. The number of nitrogens with zero attached hydrogens (tertiary/aromatic N) is 3. The Morgan fingerprint density at radius 2 is 2.33 bits per heavy atom.